The molecule has 0 aliphatic heterocycles. The molecule has 18 nitrogen and oxygen atoms in total. The molecule has 0 atom stereocenters. The molecule has 0 fully saturated rings. The monoisotopic (exact) mass is 1760 g/mol. The van der Waals surface area contributed by atoms with Gasteiger partial charge in [0.05, 0.1) is 29.4 Å². The maximum Gasteiger partial charge on any atom is 0.261 e. The summed E-state index contributed by atoms with van der Waals surface area (Å²) < 4.78 is 150. The van der Waals surface area contributed by atoms with Crippen LogP contribution in [0.2, 0.25) is 0 Å². The van der Waals surface area contributed by atoms with Crippen LogP contribution in [0.25, 0.3) is 0 Å². The van der Waals surface area contributed by atoms with E-state index in [4.69, 9.17) is 64.1 Å². The van der Waals surface area contributed by atoms with Crippen molar-refractivity contribution in [3.8, 4) is 34.5 Å². The quantitative estimate of drug-likeness (QED) is 0.0435. The summed E-state index contributed by atoms with van der Waals surface area (Å²) in [7, 11) is 9.71. The molecule has 0 saturated heterocycles. The van der Waals surface area contributed by atoms with E-state index in [2.05, 4.69) is 0 Å². The predicted octanol–water partition coefficient (Wildman–Crippen LogP) is 16.9. The zero-order chi connectivity index (χ0) is 81.7. The normalized spacial score (nSPS) is 13.1. The Morgan fingerprint density at radius 1 is 0.175 bits per heavy atom. The second-order valence-corrected chi connectivity index (χ2v) is 43.6. The molecular weight excluding hydrogens is 1700 g/mol. The van der Waals surface area contributed by atoms with Gasteiger partial charge in [0.25, 0.3) is 54.3 Å². The Bertz CT molecular complexity index is 5390. The van der Waals surface area contributed by atoms with Crippen LogP contribution in [0, 0.1) is 0 Å². The van der Waals surface area contributed by atoms with Crippen LogP contribution >= 0.6 is 64.1 Å². The van der Waals surface area contributed by atoms with Crippen molar-refractivity contribution < 1.29 is 81.1 Å². The lowest BCUT2D eigenvalue weighted by molar-refractivity contribution is 0.450. The van der Waals surface area contributed by atoms with E-state index >= 15 is 0 Å². The van der Waals surface area contributed by atoms with E-state index in [1.807, 2.05) is 0 Å². The molecule has 0 amide bonds. The van der Waals surface area contributed by atoms with Crippen LogP contribution < -0.4 is 0 Å². The number of rotatable bonds is 18. The molecule has 0 unspecified atom stereocenters. The summed E-state index contributed by atoms with van der Waals surface area (Å²) in [5, 5.41) is 78.0. The SMILES string of the molecule is O=S(=O)(Cl)c1ccc(Cc2cc3c(O)c(c2)Cc2cc(Cc4ccc(S(=O)(=O)Cl)cc4)cc(c2O)Cc2cc(Cc4ccc(S(=O)(=O)Cl)cc4)cc(c2O)Cc2cc(Cc4ccc(S(=O)(=O)Cl)cc4)cc(c2O)Cc2cc(Cc4ccc(S(=O)(=O)Cl)cc4)cc(c2O)Cc2cc(Cc4ccc(S(=O)(=O)Cl)cc4)cc(c2O)C3)cc1. The lowest BCUT2D eigenvalue weighted by atomic mass is 9.86. The van der Waals surface area contributed by atoms with E-state index < -0.39 is 54.3 Å². The van der Waals surface area contributed by atoms with Crippen molar-refractivity contribution in [1.29, 1.82) is 0 Å². The fraction of sp³-hybridized carbons (Fsp3) is 0.143. The van der Waals surface area contributed by atoms with Crippen molar-refractivity contribution in [2.45, 2.75) is 106 Å². The first-order valence-electron chi connectivity index (χ1n) is 34.8. The maximum absolute atomic E-state index is 13.0. The molecule has 1 aliphatic carbocycles. The summed E-state index contributed by atoms with van der Waals surface area (Å²) in [6.07, 6.45) is -0.467. The number of aromatic hydroxyl groups is 6. The first-order valence-corrected chi connectivity index (χ1v) is 48.7. The van der Waals surface area contributed by atoms with Crippen molar-refractivity contribution in [2.24, 2.45) is 0 Å². The molecule has 0 aromatic heterocycles. The lowest BCUT2D eigenvalue weighted by Gasteiger charge is -2.20. The molecule has 6 N–H and O–H groups in total. The molecular formula is C84H66Cl6O18S6. The number of phenolic OH excluding ortho intramolecular Hbond substituents is 6. The molecule has 12 bridgehead atoms. The highest BCUT2D eigenvalue weighted by atomic mass is 35.7. The van der Waals surface area contributed by atoms with Gasteiger partial charge in [-0.25, -0.2) is 50.5 Å². The smallest absolute Gasteiger partial charge is 0.261 e. The molecule has 13 rings (SSSR count). The van der Waals surface area contributed by atoms with Gasteiger partial charge in [0, 0.05) is 103 Å². The van der Waals surface area contributed by atoms with Crippen LogP contribution in [0.5, 0.6) is 34.5 Å². The van der Waals surface area contributed by atoms with E-state index in [1.54, 1.807) is 146 Å². The molecule has 0 saturated carbocycles. The predicted molar refractivity (Wildman–Crippen MR) is 439 cm³/mol. The van der Waals surface area contributed by atoms with Gasteiger partial charge in [-0.3, -0.25) is 0 Å². The highest BCUT2D eigenvalue weighted by molar-refractivity contribution is 8.15. The van der Waals surface area contributed by atoms with Gasteiger partial charge >= 0.3 is 0 Å². The Balaban J connectivity index is 1.06. The number of benzene rings is 12. The Labute approximate surface area is 686 Å². The minimum absolute atomic E-state index is 0.126. The van der Waals surface area contributed by atoms with Gasteiger partial charge in [-0.15, -0.1) is 0 Å². The molecule has 12 aromatic carbocycles. The van der Waals surface area contributed by atoms with Crippen LogP contribution in [0.4, 0.5) is 0 Å². The summed E-state index contributed by atoms with van der Waals surface area (Å²) in [6, 6.07) is 55.8. The summed E-state index contributed by atoms with van der Waals surface area (Å²) in [4.78, 5) is -0.938. The van der Waals surface area contributed by atoms with Crippen molar-refractivity contribution >= 4 is 118 Å². The zero-order valence-electron chi connectivity index (χ0n) is 59.6. The molecule has 0 heterocycles. The number of hydrogen-bond donors (Lipinski definition) is 6. The third-order valence-electron chi connectivity index (χ3n) is 19.9. The highest BCUT2D eigenvalue weighted by Crippen LogP contribution is 2.43. The summed E-state index contributed by atoms with van der Waals surface area (Å²) in [5.41, 5.74) is 10.2. The Kier molecular flexibility index (Phi) is 23.9. The van der Waals surface area contributed by atoms with Gasteiger partial charge in [0.2, 0.25) is 0 Å². The Morgan fingerprint density at radius 3 is 0.360 bits per heavy atom. The fourth-order valence-corrected chi connectivity index (χ4v) is 19.1. The largest absolute Gasteiger partial charge is 0.507 e. The van der Waals surface area contributed by atoms with Crippen molar-refractivity contribution in [1.82, 2.24) is 0 Å². The summed E-state index contributed by atoms with van der Waals surface area (Å²) in [5.74, 6) is -1.60. The van der Waals surface area contributed by atoms with Crippen LogP contribution in [0.3, 0.4) is 0 Å². The van der Waals surface area contributed by atoms with Crippen LogP contribution in [0.1, 0.15) is 134 Å². The number of phenols is 6. The number of hydrogen-bond acceptors (Lipinski definition) is 18. The van der Waals surface area contributed by atoms with Crippen molar-refractivity contribution in [3.05, 3.63) is 352 Å². The standard InChI is InChI=1S/C84H66Cl6O18S6/c85-109(97,98)73-13-1-49(2-14-73)25-55-31-61-43-63-33-56(26-50-3-15-74(16-4-50)110(86,99)100)35-65(80(63)92)45-67-37-58(28-52-7-19-76(20-8-52)112(88,103)104)39-69(82(67)94)47-71-41-60(30-54-11-23-78(24-12-54)114(90,107)108)42-72(84(71)96)48-70-40-59(29-53-9-21-77(22-10-53)113(89,105)106)38-68(83(70)95)46-66-36-57(27-51-5-17-75(18-6-51)111(87,101)102)34-64(81(66)93)44-62(32-55)79(61)91/h1-24,31-42,91-96H,25-30,43-48H2. The maximum atomic E-state index is 13.0. The van der Waals surface area contributed by atoms with Gasteiger partial charge in [-0.05, 0) is 245 Å². The molecule has 0 spiro atoms. The van der Waals surface area contributed by atoms with Gasteiger partial charge in [-0.1, -0.05) is 146 Å². The summed E-state index contributed by atoms with van der Waals surface area (Å²) >= 11 is 0. The van der Waals surface area contributed by atoms with Crippen molar-refractivity contribution in [2.75, 3.05) is 0 Å². The molecule has 588 valence electrons. The van der Waals surface area contributed by atoms with Gasteiger partial charge in [0.1, 0.15) is 34.5 Å². The average Bonchev–Trinajstić information content (AvgIpc) is 0.781. The lowest BCUT2D eigenvalue weighted by Crippen LogP contribution is -2.05. The van der Waals surface area contributed by atoms with E-state index in [-0.39, 0.29) is 208 Å². The second kappa shape index (κ2) is 32.9. The van der Waals surface area contributed by atoms with Crippen LogP contribution in [-0.4, -0.2) is 81.1 Å². The Hall–Kier alpha value is -9.12. The minimum atomic E-state index is -4.14. The second-order valence-electron chi connectivity index (χ2n) is 28.2. The van der Waals surface area contributed by atoms with Gasteiger partial charge in [0.15, 0.2) is 0 Å². The van der Waals surface area contributed by atoms with Crippen LogP contribution in [0.15, 0.2) is 248 Å². The van der Waals surface area contributed by atoms with E-state index in [9.17, 15) is 81.1 Å². The topological polar surface area (TPSA) is 326 Å². The van der Waals surface area contributed by atoms with Crippen LogP contribution in [-0.2, 0) is 131 Å². The number of fused-ring (bicyclic) bond motifs is 12. The summed E-state index contributed by atoms with van der Waals surface area (Å²) in [6.45, 7) is 0. The van der Waals surface area contributed by atoms with E-state index in [0.717, 1.165) is 0 Å². The van der Waals surface area contributed by atoms with Gasteiger partial charge < -0.3 is 30.6 Å². The van der Waals surface area contributed by atoms with E-state index in [0.29, 0.717) is 66.8 Å². The van der Waals surface area contributed by atoms with Gasteiger partial charge in [-0.2, -0.15) is 0 Å². The zero-order valence-corrected chi connectivity index (χ0v) is 69.0. The molecule has 114 heavy (non-hydrogen) atoms. The van der Waals surface area contributed by atoms with Crippen molar-refractivity contribution in [3.63, 3.8) is 0 Å². The minimum Gasteiger partial charge on any atom is -0.507 e. The first kappa shape index (κ1) is 82.8. The van der Waals surface area contributed by atoms with E-state index in [1.165, 1.54) is 72.8 Å². The third kappa shape index (κ3) is 20.0. The Morgan fingerprint density at radius 2 is 0.272 bits per heavy atom. The molecule has 30 heteroatoms. The number of halogens is 6. The highest BCUT2D eigenvalue weighted by Gasteiger charge is 2.26. The fourth-order valence-electron chi connectivity index (χ4n) is 14.5. The first-order chi connectivity index (χ1) is 53.6. The average molecular weight is 1770 g/mol. The molecule has 12 aromatic rings. The molecule has 1 aliphatic rings. The molecule has 0 radical (unpaired) electrons. The third-order valence-corrected chi connectivity index (χ3v) is 28.1.